The van der Waals surface area contributed by atoms with E-state index < -0.39 is 0 Å². The summed E-state index contributed by atoms with van der Waals surface area (Å²) in [6, 6.07) is 0.261. The lowest BCUT2D eigenvalue weighted by atomic mass is 10.0. The molecular formula is C13H23N3S. The maximum absolute atomic E-state index is 4.25. The van der Waals surface area contributed by atoms with Crippen LogP contribution >= 0.6 is 11.5 Å². The van der Waals surface area contributed by atoms with Gasteiger partial charge in [0.2, 0.25) is 0 Å². The molecule has 0 aliphatic heterocycles. The second-order valence-electron chi connectivity index (χ2n) is 4.85. The van der Waals surface area contributed by atoms with Crippen molar-refractivity contribution in [1.82, 2.24) is 14.9 Å². The lowest BCUT2D eigenvalue weighted by Crippen LogP contribution is -2.21. The van der Waals surface area contributed by atoms with Gasteiger partial charge >= 0.3 is 0 Å². The molecule has 0 amide bonds. The van der Waals surface area contributed by atoms with Crippen LogP contribution in [0, 0.1) is 0 Å². The van der Waals surface area contributed by atoms with E-state index in [-0.39, 0.29) is 6.04 Å². The van der Waals surface area contributed by atoms with E-state index >= 15 is 0 Å². The molecule has 0 aliphatic carbocycles. The van der Waals surface area contributed by atoms with Crippen LogP contribution in [0.4, 0.5) is 0 Å². The molecule has 0 bridgehead atoms. The third-order valence-corrected chi connectivity index (χ3v) is 3.31. The van der Waals surface area contributed by atoms with Gasteiger partial charge in [0.1, 0.15) is 0 Å². The fourth-order valence-corrected chi connectivity index (χ4v) is 2.53. The van der Waals surface area contributed by atoms with E-state index in [1.807, 2.05) is 0 Å². The van der Waals surface area contributed by atoms with Crippen LogP contribution in [0.15, 0.2) is 11.6 Å². The van der Waals surface area contributed by atoms with E-state index in [1.165, 1.54) is 22.0 Å². The summed E-state index contributed by atoms with van der Waals surface area (Å²) >= 11 is 1.51. The van der Waals surface area contributed by atoms with Gasteiger partial charge in [-0.15, -0.1) is 5.10 Å². The third kappa shape index (κ3) is 4.21. The second-order valence-corrected chi connectivity index (χ2v) is 5.64. The molecule has 1 rings (SSSR count). The lowest BCUT2D eigenvalue weighted by molar-refractivity contribution is 0.607. The first kappa shape index (κ1) is 14.3. The quantitative estimate of drug-likeness (QED) is 0.786. The Hall–Kier alpha value is -0.740. The smallest absolute Gasteiger partial charge is 0.0832 e. The average molecular weight is 253 g/mol. The highest BCUT2D eigenvalue weighted by molar-refractivity contribution is 7.05. The van der Waals surface area contributed by atoms with Gasteiger partial charge in [-0.25, -0.2) is 0 Å². The first-order valence-corrected chi connectivity index (χ1v) is 7.04. The molecule has 0 aromatic carbocycles. The number of hydrogen-bond acceptors (Lipinski definition) is 4. The molecule has 0 spiro atoms. The molecule has 0 fully saturated rings. The number of allylic oxidation sites excluding steroid dienone is 1. The summed E-state index contributed by atoms with van der Waals surface area (Å²) in [5, 5.41) is 7.80. The van der Waals surface area contributed by atoms with Crippen LogP contribution in [0.1, 0.15) is 63.6 Å². The summed E-state index contributed by atoms with van der Waals surface area (Å²) in [6.45, 7) is 11.8. The number of nitrogens with zero attached hydrogens (tertiary/aromatic N) is 2. The standard InChI is InChI=1S/C13H23N3S/c1-6-7-14-11(8-9(2)3)13-12(10(4)5)15-16-17-13/h8,10-11,14H,6-7H2,1-5H3. The van der Waals surface area contributed by atoms with E-state index in [0.29, 0.717) is 5.92 Å². The number of hydrogen-bond donors (Lipinski definition) is 1. The highest BCUT2D eigenvalue weighted by atomic mass is 32.1. The van der Waals surface area contributed by atoms with E-state index in [9.17, 15) is 0 Å². The normalized spacial score (nSPS) is 12.8. The van der Waals surface area contributed by atoms with Crippen molar-refractivity contribution < 1.29 is 0 Å². The first-order chi connectivity index (χ1) is 8.06. The van der Waals surface area contributed by atoms with Gasteiger partial charge in [0.05, 0.1) is 16.6 Å². The summed E-state index contributed by atoms with van der Waals surface area (Å²) in [7, 11) is 0. The van der Waals surface area contributed by atoms with Gasteiger partial charge in [0, 0.05) is 0 Å². The van der Waals surface area contributed by atoms with Crippen LogP contribution in [0.2, 0.25) is 0 Å². The largest absolute Gasteiger partial charge is 0.306 e. The molecule has 96 valence electrons. The van der Waals surface area contributed by atoms with E-state index in [2.05, 4.69) is 55.6 Å². The van der Waals surface area contributed by atoms with E-state index in [1.54, 1.807) is 0 Å². The second kappa shape index (κ2) is 6.87. The molecule has 0 saturated heterocycles. The zero-order valence-corrected chi connectivity index (χ0v) is 12.3. The molecule has 1 atom stereocenters. The average Bonchev–Trinajstić information content (AvgIpc) is 2.72. The fraction of sp³-hybridized carbons (Fsp3) is 0.692. The van der Waals surface area contributed by atoms with Gasteiger partial charge in [-0.3, -0.25) is 0 Å². The van der Waals surface area contributed by atoms with Crippen LogP contribution < -0.4 is 5.32 Å². The molecule has 17 heavy (non-hydrogen) atoms. The molecule has 1 unspecified atom stereocenters. The maximum atomic E-state index is 4.25. The zero-order chi connectivity index (χ0) is 12.8. The van der Waals surface area contributed by atoms with Crippen molar-refractivity contribution in [3.8, 4) is 0 Å². The van der Waals surface area contributed by atoms with Crippen molar-refractivity contribution in [1.29, 1.82) is 0 Å². The Morgan fingerprint density at radius 2 is 2.12 bits per heavy atom. The van der Waals surface area contributed by atoms with Crippen LogP contribution in [0.25, 0.3) is 0 Å². The van der Waals surface area contributed by atoms with Crippen molar-refractivity contribution in [2.75, 3.05) is 6.54 Å². The van der Waals surface area contributed by atoms with E-state index in [0.717, 1.165) is 18.7 Å². The molecule has 1 heterocycles. The zero-order valence-electron chi connectivity index (χ0n) is 11.4. The summed E-state index contributed by atoms with van der Waals surface area (Å²) in [5.74, 6) is 0.431. The third-order valence-electron chi connectivity index (χ3n) is 2.48. The summed E-state index contributed by atoms with van der Waals surface area (Å²) in [6.07, 6.45) is 3.40. The fourth-order valence-electron chi connectivity index (χ4n) is 1.68. The molecule has 1 aromatic heterocycles. The molecule has 4 heteroatoms. The predicted octanol–water partition coefficient (Wildman–Crippen LogP) is 3.67. The van der Waals surface area contributed by atoms with Crippen molar-refractivity contribution in [2.45, 2.75) is 53.0 Å². The van der Waals surface area contributed by atoms with Crippen LogP contribution in [-0.4, -0.2) is 16.1 Å². The van der Waals surface area contributed by atoms with Gasteiger partial charge in [-0.05, 0) is 44.3 Å². The minimum absolute atomic E-state index is 0.261. The van der Waals surface area contributed by atoms with Crippen molar-refractivity contribution in [2.24, 2.45) is 0 Å². The maximum Gasteiger partial charge on any atom is 0.0832 e. The highest BCUT2D eigenvalue weighted by Crippen LogP contribution is 2.27. The Balaban J connectivity index is 2.95. The summed E-state index contributed by atoms with van der Waals surface area (Å²) in [5.41, 5.74) is 2.45. The van der Waals surface area contributed by atoms with Gasteiger partial charge in [0.15, 0.2) is 0 Å². The van der Waals surface area contributed by atoms with Crippen molar-refractivity contribution >= 4 is 11.5 Å². The number of nitrogens with one attached hydrogen (secondary N) is 1. The Morgan fingerprint density at radius 1 is 1.41 bits per heavy atom. The lowest BCUT2D eigenvalue weighted by Gasteiger charge is -2.15. The van der Waals surface area contributed by atoms with Gasteiger partial charge in [-0.1, -0.05) is 36.9 Å². The van der Waals surface area contributed by atoms with Crippen LogP contribution in [0.5, 0.6) is 0 Å². The van der Waals surface area contributed by atoms with Gasteiger partial charge in [0.25, 0.3) is 0 Å². The molecule has 1 N–H and O–H groups in total. The first-order valence-electron chi connectivity index (χ1n) is 6.26. The van der Waals surface area contributed by atoms with Crippen molar-refractivity contribution in [3.05, 3.63) is 22.2 Å². The molecule has 0 aliphatic rings. The van der Waals surface area contributed by atoms with E-state index in [4.69, 9.17) is 0 Å². The molecule has 3 nitrogen and oxygen atoms in total. The Kier molecular flexibility index (Phi) is 5.78. The molecule has 1 aromatic rings. The van der Waals surface area contributed by atoms with Crippen LogP contribution in [0.3, 0.4) is 0 Å². The highest BCUT2D eigenvalue weighted by Gasteiger charge is 2.18. The summed E-state index contributed by atoms with van der Waals surface area (Å²) < 4.78 is 4.10. The SMILES string of the molecule is CCCNC(C=C(C)C)c1snnc1C(C)C. The Labute approximate surface area is 108 Å². The number of aromatic nitrogens is 2. The minimum Gasteiger partial charge on any atom is -0.306 e. The van der Waals surface area contributed by atoms with Crippen LogP contribution in [-0.2, 0) is 0 Å². The monoisotopic (exact) mass is 253 g/mol. The molecule has 0 saturated carbocycles. The topological polar surface area (TPSA) is 37.8 Å². The predicted molar refractivity (Wildman–Crippen MR) is 74.5 cm³/mol. The van der Waals surface area contributed by atoms with Crippen molar-refractivity contribution in [3.63, 3.8) is 0 Å². The Morgan fingerprint density at radius 3 is 2.65 bits per heavy atom. The number of rotatable bonds is 6. The molecular weight excluding hydrogens is 230 g/mol. The Bertz CT molecular complexity index is 364. The van der Waals surface area contributed by atoms with Gasteiger partial charge in [-0.2, -0.15) is 0 Å². The minimum atomic E-state index is 0.261. The molecule has 0 radical (unpaired) electrons. The summed E-state index contributed by atoms with van der Waals surface area (Å²) in [4.78, 5) is 1.26. The van der Waals surface area contributed by atoms with Gasteiger partial charge < -0.3 is 5.32 Å².